The van der Waals surface area contributed by atoms with Crippen molar-refractivity contribution >= 4 is 5.96 Å². The van der Waals surface area contributed by atoms with Gasteiger partial charge in [0.25, 0.3) is 0 Å². The third kappa shape index (κ3) is 5.93. The van der Waals surface area contributed by atoms with Crippen LogP contribution in [-0.4, -0.2) is 105 Å². The molecule has 0 bridgehead atoms. The highest BCUT2D eigenvalue weighted by atomic mass is 15.4. The van der Waals surface area contributed by atoms with Crippen molar-refractivity contribution in [3.8, 4) is 0 Å². The molecule has 162 valence electrons. The lowest BCUT2D eigenvalue weighted by atomic mass is 10.0. The molecule has 0 aliphatic carbocycles. The number of piperazine rings is 2. The zero-order valence-corrected chi connectivity index (χ0v) is 18.8. The van der Waals surface area contributed by atoms with Gasteiger partial charge >= 0.3 is 0 Å². The summed E-state index contributed by atoms with van der Waals surface area (Å²) in [6, 6.07) is 12.0. The SMILES string of the molecule is CCNC(=NCC1CN(C)CCN1C)N1CCN(C(CC)c2ccccc2)CC1. The summed E-state index contributed by atoms with van der Waals surface area (Å²) >= 11 is 0. The van der Waals surface area contributed by atoms with Crippen molar-refractivity contribution in [2.24, 2.45) is 4.99 Å². The Morgan fingerprint density at radius 3 is 2.41 bits per heavy atom. The fraction of sp³-hybridized carbons (Fsp3) is 0.696. The lowest BCUT2D eigenvalue weighted by molar-refractivity contribution is 0.117. The van der Waals surface area contributed by atoms with Crippen molar-refractivity contribution in [2.75, 3.05) is 73.0 Å². The molecule has 0 aromatic heterocycles. The second-order valence-corrected chi connectivity index (χ2v) is 8.45. The highest BCUT2D eigenvalue weighted by molar-refractivity contribution is 5.80. The van der Waals surface area contributed by atoms with Gasteiger partial charge in [0.2, 0.25) is 0 Å². The highest BCUT2D eigenvalue weighted by Gasteiger charge is 2.26. The first-order valence-corrected chi connectivity index (χ1v) is 11.3. The van der Waals surface area contributed by atoms with Gasteiger partial charge in [-0.05, 0) is 33.0 Å². The minimum Gasteiger partial charge on any atom is -0.357 e. The normalized spacial score (nSPS) is 23.9. The number of nitrogens with zero attached hydrogens (tertiary/aromatic N) is 5. The van der Waals surface area contributed by atoms with Gasteiger partial charge in [-0.25, -0.2) is 0 Å². The molecule has 2 unspecified atom stereocenters. The Morgan fingerprint density at radius 2 is 1.76 bits per heavy atom. The third-order valence-electron chi connectivity index (χ3n) is 6.39. The predicted octanol–water partition coefficient (Wildman–Crippen LogP) is 1.97. The fourth-order valence-electron chi connectivity index (χ4n) is 4.54. The van der Waals surface area contributed by atoms with Crippen molar-refractivity contribution in [2.45, 2.75) is 32.4 Å². The molecule has 6 nitrogen and oxygen atoms in total. The molecule has 0 saturated carbocycles. The molecule has 1 aromatic rings. The van der Waals surface area contributed by atoms with Gasteiger partial charge in [-0.1, -0.05) is 37.3 Å². The minimum atomic E-state index is 0.506. The maximum Gasteiger partial charge on any atom is 0.194 e. The maximum atomic E-state index is 5.04. The van der Waals surface area contributed by atoms with Gasteiger partial charge in [0.15, 0.2) is 5.96 Å². The molecular formula is C23H40N6. The van der Waals surface area contributed by atoms with Crippen LogP contribution in [0.4, 0.5) is 0 Å². The molecule has 6 heteroatoms. The second kappa shape index (κ2) is 11.0. The lowest BCUT2D eigenvalue weighted by Crippen LogP contribution is -2.54. The van der Waals surface area contributed by atoms with Crippen LogP contribution in [-0.2, 0) is 0 Å². The van der Waals surface area contributed by atoms with Crippen LogP contribution >= 0.6 is 0 Å². The Bertz CT molecular complexity index is 626. The molecule has 2 heterocycles. The van der Waals surface area contributed by atoms with Crippen LogP contribution in [0.15, 0.2) is 35.3 Å². The van der Waals surface area contributed by atoms with E-state index in [1.807, 2.05) is 0 Å². The van der Waals surface area contributed by atoms with Crippen LogP contribution in [0.3, 0.4) is 0 Å². The van der Waals surface area contributed by atoms with Crippen LogP contribution < -0.4 is 5.32 Å². The van der Waals surface area contributed by atoms with Crippen LogP contribution in [0.5, 0.6) is 0 Å². The van der Waals surface area contributed by atoms with Gasteiger partial charge in [0, 0.05) is 64.4 Å². The maximum absolute atomic E-state index is 5.04. The van der Waals surface area contributed by atoms with E-state index in [4.69, 9.17) is 4.99 Å². The Kier molecular flexibility index (Phi) is 8.33. The average Bonchev–Trinajstić information content (AvgIpc) is 2.75. The molecule has 2 saturated heterocycles. The third-order valence-corrected chi connectivity index (χ3v) is 6.39. The highest BCUT2D eigenvalue weighted by Crippen LogP contribution is 2.25. The number of nitrogens with one attached hydrogen (secondary N) is 1. The predicted molar refractivity (Wildman–Crippen MR) is 123 cm³/mol. The van der Waals surface area contributed by atoms with E-state index in [1.165, 1.54) is 5.56 Å². The van der Waals surface area contributed by atoms with Gasteiger partial charge in [-0.15, -0.1) is 0 Å². The van der Waals surface area contributed by atoms with E-state index < -0.39 is 0 Å². The summed E-state index contributed by atoms with van der Waals surface area (Å²) in [6.45, 7) is 13.9. The molecule has 0 spiro atoms. The molecule has 29 heavy (non-hydrogen) atoms. The van der Waals surface area contributed by atoms with E-state index in [2.05, 4.69) is 83.2 Å². The summed E-state index contributed by atoms with van der Waals surface area (Å²) in [5, 5.41) is 3.53. The average molecular weight is 401 g/mol. The topological polar surface area (TPSA) is 37.4 Å². The molecule has 2 aliphatic heterocycles. The summed E-state index contributed by atoms with van der Waals surface area (Å²) in [7, 11) is 4.44. The molecule has 3 rings (SSSR count). The molecule has 1 N–H and O–H groups in total. The lowest BCUT2D eigenvalue weighted by Gasteiger charge is -2.41. The van der Waals surface area contributed by atoms with E-state index >= 15 is 0 Å². The van der Waals surface area contributed by atoms with E-state index in [0.717, 1.165) is 71.3 Å². The Hall–Kier alpha value is -1.63. The number of benzene rings is 1. The number of likely N-dealkylation sites (N-methyl/N-ethyl adjacent to an activating group) is 2. The van der Waals surface area contributed by atoms with E-state index in [9.17, 15) is 0 Å². The summed E-state index contributed by atoms with van der Waals surface area (Å²) in [5.41, 5.74) is 1.44. The minimum absolute atomic E-state index is 0.506. The molecule has 2 atom stereocenters. The number of hydrogen-bond acceptors (Lipinski definition) is 4. The zero-order valence-electron chi connectivity index (χ0n) is 18.8. The number of guanidine groups is 1. The Labute approximate surface area is 177 Å². The number of hydrogen-bond donors (Lipinski definition) is 1. The molecular weight excluding hydrogens is 360 g/mol. The van der Waals surface area contributed by atoms with Gasteiger partial charge in [0.1, 0.15) is 0 Å². The molecule has 2 fully saturated rings. The number of aliphatic imine (C=N–C) groups is 1. The standard InChI is InChI=1S/C23H40N6/c1-5-22(20-10-8-7-9-11-20)28-14-16-29(17-15-28)23(24-6-2)25-18-21-19-26(3)12-13-27(21)4/h7-11,21-22H,5-6,12-19H2,1-4H3,(H,24,25). The summed E-state index contributed by atoms with van der Waals surface area (Å²) in [4.78, 5) is 15.0. The largest absolute Gasteiger partial charge is 0.357 e. The van der Waals surface area contributed by atoms with Gasteiger partial charge < -0.3 is 15.1 Å². The van der Waals surface area contributed by atoms with Gasteiger partial charge in [0.05, 0.1) is 6.54 Å². The summed E-state index contributed by atoms with van der Waals surface area (Å²) in [6.07, 6.45) is 1.15. The first-order valence-electron chi connectivity index (χ1n) is 11.3. The van der Waals surface area contributed by atoms with Crippen molar-refractivity contribution in [3.63, 3.8) is 0 Å². The van der Waals surface area contributed by atoms with Crippen LogP contribution in [0.2, 0.25) is 0 Å². The van der Waals surface area contributed by atoms with E-state index in [1.54, 1.807) is 0 Å². The first-order chi connectivity index (χ1) is 14.1. The van der Waals surface area contributed by atoms with Gasteiger partial charge in [-0.2, -0.15) is 0 Å². The Morgan fingerprint density at radius 1 is 1.03 bits per heavy atom. The van der Waals surface area contributed by atoms with Gasteiger partial charge in [-0.3, -0.25) is 14.8 Å². The smallest absolute Gasteiger partial charge is 0.194 e. The number of rotatable bonds is 6. The fourth-order valence-corrected chi connectivity index (χ4v) is 4.54. The molecule has 0 amide bonds. The Balaban J connectivity index is 1.59. The van der Waals surface area contributed by atoms with Crippen LogP contribution in [0.25, 0.3) is 0 Å². The van der Waals surface area contributed by atoms with E-state index in [-0.39, 0.29) is 0 Å². The molecule has 1 aromatic carbocycles. The van der Waals surface area contributed by atoms with Crippen LogP contribution in [0.1, 0.15) is 31.9 Å². The zero-order chi connectivity index (χ0) is 20.6. The van der Waals surface area contributed by atoms with E-state index in [0.29, 0.717) is 12.1 Å². The monoisotopic (exact) mass is 400 g/mol. The molecule has 2 aliphatic rings. The second-order valence-electron chi connectivity index (χ2n) is 8.45. The summed E-state index contributed by atoms with van der Waals surface area (Å²) < 4.78 is 0. The molecule has 0 radical (unpaired) electrons. The summed E-state index contributed by atoms with van der Waals surface area (Å²) in [5.74, 6) is 1.08. The first kappa shape index (κ1) is 22.1. The van der Waals surface area contributed by atoms with Crippen molar-refractivity contribution in [3.05, 3.63) is 35.9 Å². The quantitative estimate of drug-likeness (QED) is 0.584. The van der Waals surface area contributed by atoms with Crippen molar-refractivity contribution < 1.29 is 0 Å². The van der Waals surface area contributed by atoms with Crippen molar-refractivity contribution in [1.82, 2.24) is 24.9 Å². The van der Waals surface area contributed by atoms with Crippen LogP contribution in [0, 0.1) is 0 Å². The van der Waals surface area contributed by atoms with Crippen molar-refractivity contribution in [1.29, 1.82) is 0 Å².